The first-order valence-electron chi connectivity index (χ1n) is 9.97. The van der Waals surface area contributed by atoms with Gasteiger partial charge in [-0.05, 0) is 44.5 Å². The molecule has 0 saturated heterocycles. The fourth-order valence-corrected chi connectivity index (χ4v) is 3.28. The fourth-order valence-electron chi connectivity index (χ4n) is 3.28. The molecular formula is C23H25N3O6. The Morgan fingerprint density at radius 1 is 1.22 bits per heavy atom. The van der Waals surface area contributed by atoms with Crippen molar-refractivity contribution < 1.29 is 23.7 Å². The number of ether oxygens (including phenoxy) is 2. The zero-order chi connectivity index (χ0) is 23.4. The second kappa shape index (κ2) is 9.51. The van der Waals surface area contributed by atoms with Gasteiger partial charge in [0, 0.05) is 24.7 Å². The van der Waals surface area contributed by atoms with Gasteiger partial charge in [-0.3, -0.25) is 14.9 Å². The number of nitro groups is 1. The number of nitro benzene ring substituents is 1. The summed E-state index contributed by atoms with van der Waals surface area (Å²) < 4.78 is 16.4. The smallest absolute Gasteiger partial charge is 0.269 e. The molecule has 168 valence electrons. The molecule has 1 heterocycles. The van der Waals surface area contributed by atoms with E-state index in [1.807, 2.05) is 20.8 Å². The molecule has 0 aliphatic rings. The molecule has 1 aromatic heterocycles. The van der Waals surface area contributed by atoms with E-state index in [4.69, 9.17) is 14.0 Å². The van der Waals surface area contributed by atoms with Crippen LogP contribution in [-0.2, 0) is 6.61 Å². The van der Waals surface area contributed by atoms with Crippen LogP contribution in [0, 0.1) is 24.0 Å². The summed E-state index contributed by atoms with van der Waals surface area (Å²) in [4.78, 5) is 25.2. The van der Waals surface area contributed by atoms with Crippen LogP contribution < -0.4 is 9.47 Å². The van der Waals surface area contributed by atoms with Crippen molar-refractivity contribution in [3.05, 3.63) is 80.7 Å². The third-order valence-corrected chi connectivity index (χ3v) is 5.43. The van der Waals surface area contributed by atoms with Crippen LogP contribution in [0.2, 0.25) is 0 Å². The minimum atomic E-state index is -0.454. The van der Waals surface area contributed by atoms with E-state index in [1.165, 1.54) is 24.1 Å². The first-order chi connectivity index (χ1) is 15.2. The Morgan fingerprint density at radius 2 is 1.97 bits per heavy atom. The lowest BCUT2D eigenvalue weighted by Crippen LogP contribution is -2.29. The first-order valence-corrected chi connectivity index (χ1v) is 9.97. The van der Waals surface area contributed by atoms with Crippen molar-refractivity contribution in [2.24, 2.45) is 0 Å². The van der Waals surface area contributed by atoms with E-state index >= 15 is 0 Å². The molecule has 0 radical (unpaired) electrons. The highest BCUT2D eigenvalue weighted by Gasteiger charge is 2.22. The van der Waals surface area contributed by atoms with Crippen molar-refractivity contribution in [1.82, 2.24) is 10.1 Å². The zero-order valence-corrected chi connectivity index (χ0v) is 18.6. The molecule has 1 amide bonds. The van der Waals surface area contributed by atoms with E-state index in [1.54, 1.807) is 37.4 Å². The van der Waals surface area contributed by atoms with Crippen molar-refractivity contribution in [2.75, 3.05) is 14.2 Å². The topological polar surface area (TPSA) is 108 Å². The van der Waals surface area contributed by atoms with Crippen molar-refractivity contribution in [3.8, 4) is 11.5 Å². The molecule has 3 rings (SSSR count). The number of hydrogen-bond acceptors (Lipinski definition) is 7. The molecule has 0 saturated carbocycles. The molecule has 0 fully saturated rings. The average Bonchev–Trinajstić information content (AvgIpc) is 3.13. The summed E-state index contributed by atoms with van der Waals surface area (Å²) in [5, 5.41) is 15.0. The van der Waals surface area contributed by atoms with Gasteiger partial charge < -0.3 is 18.9 Å². The lowest BCUT2D eigenvalue weighted by molar-refractivity contribution is -0.384. The molecule has 0 spiro atoms. The third-order valence-electron chi connectivity index (χ3n) is 5.43. The summed E-state index contributed by atoms with van der Waals surface area (Å²) in [6.45, 7) is 5.73. The monoisotopic (exact) mass is 439 g/mol. The summed E-state index contributed by atoms with van der Waals surface area (Å²) in [7, 11) is 3.15. The Bertz CT molecular complexity index is 1120. The minimum Gasteiger partial charge on any atom is -0.493 e. The van der Waals surface area contributed by atoms with Gasteiger partial charge in [-0.2, -0.15) is 0 Å². The van der Waals surface area contributed by atoms with E-state index in [-0.39, 0.29) is 24.2 Å². The van der Waals surface area contributed by atoms with Crippen LogP contribution in [0.15, 0.2) is 47.0 Å². The molecule has 9 nitrogen and oxygen atoms in total. The molecular weight excluding hydrogens is 414 g/mol. The van der Waals surface area contributed by atoms with Gasteiger partial charge in [0.15, 0.2) is 11.5 Å². The molecule has 9 heteroatoms. The van der Waals surface area contributed by atoms with Crippen LogP contribution in [0.3, 0.4) is 0 Å². The summed E-state index contributed by atoms with van der Waals surface area (Å²) in [5.41, 5.74) is 2.67. The quantitative estimate of drug-likeness (QED) is 0.372. The number of amides is 1. The van der Waals surface area contributed by atoms with Gasteiger partial charge in [0.1, 0.15) is 12.4 Å². The van der Waals surface area contributed by atoms with E-state index in [2.05, 4.69) is 5.16 Å². The number of aromatic nitrogens is 1. The predicted octanol–water partition coefficient (Wildman–Crippen LogP) is 4.62. The Hall–Kier alpha value is -3.88. The molecule has 0 aliphatic carbocycles. The number of carbonyl (C=O) groups excluding carboxylic acids is 1. The number of non-ortho nitro benzene ring substituents is 1. The summed E-state index contributed by atoms with van der Waals surface area (Å²) in [6, 6.07) is 10.8. The molecule has 0 aliphatic heterocycles. The van der Waals surface area contributed by atoms with Crippen molar-refractivity contribution in [2.45, 2.75) is 33.4 Å². The molecule has 0 bridgehead atoms. The average molecular weight is 439 g/mol. The minimum absolute atomic E-state index is 0.0170. The van der Waals surface area contributed by atoms with Crippen LogP contribution in [0.4, 0.5) is 5.69 Å². The number of nitrogens with zero attached hydrogens (tertiary/aromatic N) is 3. The molecule has 3 aromatic rings. The Kier molecular flexibility index (Phi) is 6.77. The lowest BCUT2D eigenvalue weighted by Gasteiger charge is -2.25. The van der Waals surface area contributed by atoms with Gasteiger partial charge in [0.2, 0.25) is 0 Å². The van der Waals surface area contributed by atoms with E-state index in [0.29, 0.717) is 28.4 Å². The highest BCUT2D eigenvalue weighted by Crippen LogP contribution is 2.31. The number of hydrogen-bond donors (Lipinski definition) is 0. The molecule has 0 N–H and O–H groups in total. The summed E-state index contributed by atoms with van der Waals surface area (Å²) in [6.07, 6.45) is 0. The standard InChI is InChI=1S/C23H25N3O6/c1-14-20(16(3)32-24-14)13-31-21-10-9-18(12-22(21)30-5)23(27)25(4)15(2)17-7-6-8-19(11-17)26(28)29/h6-12,15H,13H2,1-5H3. The fraction of sp³-hybridized carbons (Fsp3) is 0.304. The van der Waals surface area contributed by atoms with Gasteiger partial charge in [-0.25, -0.2) is 0 Å². The molecule has 1 atom stereocenters. The molecule has 2 aromatic carbocycles. The van der Waals surface area contributed by atoms with Crippen LogP contribution >= 0.6 is 0 Å². The highest BCUT2D eigenvalue weighted by atomic mass is 16.6. The second-order valence-corrected chi connectivity index (χ2v) is 7.40. The SMILES string of the molecule is COc1cc(C(=O)N(C)C(C)c2cccc([N+](=O)[O-])c2)ccc1OCc1c(C)noc1C. The van der Waals surface area contributed by atoms with Crippen molar-refractivity contribution in [1.29, 1.82) is 0 Å². The third kappa shape index (κ3) is 4.72. The van der Waals surface area contributed by atoms with E-state index < -0.39 is 4.92 Å². The Morgan fingerprint density at radius 3 is 2.59 bits per heavy atom. The maximum atomic E-state index is 13.1. The predicted molar refractivity (Wildman–Crippen MR) is 117 cm³/mol. The van der Waals surface area contributed by atoms with Crippen LogP contribution in [0.5, 0.6) is 11.5 Å². The zero-order valence-electron chi connectivity index (χ0n) is 18.6. The van der Waals surface area contributed by atoms with Gasteiger partial charge >= 0.3 is 0 Å². The largest absolute Gasteiger partial charge is 0.493 e. The first kappa shape index (κ1) is 22.8. The van der Waals surface area contributed by atoms with Crippen LogP contribution in [-0.4, -0.2) is 35.0 Å². The van der Waals surface area contributed by atoms with Crippen LogP contribution in [0.25, 0.3) is 0 Å². The number of carbonyl (C=O) groups is 1. The van der Waals surface area contributed by atoms with Crippen molar-refractivity contribution >= 4 is 11.6 Å². The van der Waals surface area contributed by atoms with E-state index in [0.717, 1.165) is 11.3 Å². The maximum absolute atomic E-state index is 13.1. The van der Waals surface area contributed by atoms with Gasteiger partial charge in [0.25, 0.3) is 11.6 Å². The maximum Gasteiger partial charge on any atom is 0.269 e. The molecule has 32 heavy (non-hydrogen) atoms. The Balaban J connectivity index is 1.77. The number of rotatable bonds is 8. The highest BCUT2D eigenvalue weighted by molar-refractivity contribution is 5.95. The number of benzene rings is 2. The Labute approximate surface area is 185 Å². The van der Waals surface area contributed by atoms with Gasteiger partial charge in [-0.15, -0.1) is 0 Å². The number of methoxy groups -OCH3 is 1. The normalized spacial score (nSPS) is 11.7. The second-order valence-electron chi connectivity index (χ2n) is 7.40. The van der Waals surface area contributed by atoms with Crippen LogP contribution in [0.1, 0.15) is 45.9 Å². The van der Waals surface area contributed by atoms with E-state index in [9.17, 15) is 14.9 Å². The molecule has 1 unspecified atom stereocenters. The lowest BCUT2D eigenvalue weighted by atomic mass is 10.1. The summed E-state index contributed by atoms with van der Waals surface area (Å²) >= 11 is 0. The van der Waals surface area contributed by atoms with Gasteiger partial charge in [0.05, 0.1) is 29.3 Å². The van der Waals surface area contributed by atoms with Gasteiger partial charge in [-0.1, -0.05) is 17.3 Å². The number of aryl methyl sites for hydroxylation is 2. The van der Waals surface area contributed by atoms with Crippen molar-refractivity contribution in [3.63, 3.8) is 0 Å². The summed E-state index contributed by atoms with van der Waals surface area (Å²) in [5.74, 6) is 1.34.